The number of aliphatic hydroxyl groups excluding tert-OH is 1. The number of aliphatic hydroxyl groups is 1. The van der Waals surface area contributed by atoms with Crippen LogP contribution in [0.3, 0.4) is 0 Å². The number of carbonyl (C=O) groups excluding carboxylic acids is 2. The molecule has 3 N–H and O–H groups in total. The van der Waals surface area contributed by atoms with E-state index >= 15 is 0 Å². The molecule has 0 aromatic heterocycles. The summed E-state index contributed by atoms with van der Waals surface area (Å²) in [6.45, 7) is 6.35. The van der Waals surface area contributed by atoms with E-state index in [1.54, 1.807) is 0 Å². The normalized spacial score (nSPS) is 22.1. The van der Waals surface area contributed by atoms with Crippen molar-refractivity contribution < 1.29 is 14.7 Å². The van der Waals surface area contributed by atoms with E-state index < -0.39 is 12.1 Å². The molecule has 2 amide bonds. The van der Waals surface area contributed by atoms with Crippen LogP contribution in [0.4, 0.5) is 0 Å². The number of rotatable bonds is 4. The van der Waals surface area contributed by atoms with Crippen LogP contribution in [-0.4, -0.2) is 35.6 Å². The monoisotopic (exact) mass is 242 g/mol. The fraction of sp³-hybridized carbons (Fsp3) is 0.833. The maximum atomic E-state index is 11.6. The maximum absolute atomic E-state index is 11.6. The average Bonchev–Trinajstić information content (AvgIpc) is 2.58. The maximum Gasteiger partial charge on any atom is 0.242 e. The molecule has 1 aliphatic rings. The topological polar surface area (TPSA) is 78.4 Å². The Labute approximate surface area is 102 Å². The Morgan fingerprint density at radius 2 is 2.24 bits per heavy atom. The summed E-state index contributed by atoms with van der Waals surface area (Å²) in [4.78, 5) is 22.6. The Morgan fingerprint density at radius 3 is 2.71 bits per heavy atom. The number of hydrogen-bond donors (Lipinski definition) is 3. The summed E-state index contributed by atoms with van der Waals surface area (Å²) in [7, 11) is 0. The van der Waals surface area contributed by atoms with Gasteiger partial charge in [-0.3, -0.25) is 9.59 Å². The zero-order valence-electron chi connectivity index (χ0n) is 10.7. The SMILES string of the molecule is CC(C)(C)CC(O)CNC(=O)[C@@H]1CCC(=O)N1. The molecule has 1 aliphatic heterocycles. The first-order valence-electron chi connectivity index (χ1n) is 6.03. The first kappa shape index (κ1) is 14.0. The molecule has 0 spiro atoms. The standard InChI is InChI=1S/C12H22N2O3/c1-12(2,3)6-8(15)7-13-11(17)9-4-5-10(16)14-9/h8-9,15H,4-7H2,1-3H3,(H,13,17)(H,14,16)/t8?,9-/m0/s1. The Bertz CT molecular complexity index is 297. The summed E-state index contributed by atoms with van der Waals surface area (Å²) < 4.78 is 0. The number of carbonyl (C=O) groups is 2. The van der Waals surface area contributed by atoms with Crippen molar-refractivity contribution in [3.63, 3.8) is 0 Å². The average molecular weight is 242 g/mol. The summed E-state index contributed by atoms with van der Waals surface area (Å²) in [5.74, 6) is -0.288. The Balaban J connectivity index is 2.26. The molecule has 5 heteroatoms. The van der Waals surface area contributed by atoms with E-state index in [1.807, 2.05) is 20.8 Å². The second-order valence-corrected chi connectivity index (χ2v) is 5.82. The minimum Gasteiger partial charge on any atom is -0.391 e. The van der Waals surface area contributed by atoms with Gasteiger partial charge in [0.25, 0.3) is 0 Å². The Morgan fingerprint density at radius 1 is 1.59 bits per heavy atom. The summed E-state index contributed by atoms with van der Waals surface area (Å²) in [5, 5.41) is 15.0. The number of amides is 2. The van der Waals surface area contributed by atoms with Gasteiger partial charge in [-0.1, -0.05) is 20.8 Å². The van der Waals surface area contributed by atoms with Crippen LogP contribution in [-0.2, 0) is 9.59 Å². The summed E-state index contributed by atoms with van der Waals surface area (Å²) in [5.41, 5.74) is 0.0335. The molecule has 17 heavy (non-hydrogen) atoms. The molecule has 0 aliphatic carbocycles. The Kier molecular flexibility index (Phi) is 4.51. The van der Waals surface area contributed by atoms with Crippen molar-refractivity contribution in [3.8, 4) is 0 Å². The fourth-order valence-electron chi connectivity index (χ4n) is 1.93. The molecule has 0 aromatic carbocycles. The first-order chi connectivity index (χ1) is 7.78. The molecule has 98 valence electrons. The fourth-order valence-corrected chi connectivity index (χ4v) is 1.93. The van der Waals surface area contributed by atoms with Crippen molar-refractivity contribution in [2.45, 2.75) is 52.2 Å². The minimum absolute atomic E-state index is 0.0335. The lowest BCUT2D eigenvalue weighted by atomic mass is 9.89. The van der Waals surface area contributed by atoms with E-state index in [4.69, 9.17) is 0 Å². The van der Waals surface area contributed by atoms with E-state index in [0.29, 0.717) is 19.3 Å². The first-order valence-corrected chi connectivity index (χ1v) is 6.03. The van der Waals surface area contributed by atoms with Crippen LogP contribution in [0.25, 0.3) is 0 Å². The molecule has 0 radical (unpaired) electrons. The van der Waals surface area contributed by atoms with Crippen molar-refractivity contribution in [3.05, 3.63) is 0 Å². The van der Waals surface area contributed by atoms with Gasteiger partial charge in [-0.15, -0.1) is 0 Å². The van der Waals surface area contributed by atoms with Crippen LogP contribution in [0.2, 0.25) is 0 Å². The quantitative estimate of drug-likeness (QED) is 0.658. The van der Waals surface area contributed by atoms with Crippen LogP contribution in [0.5, 0.6) is 0 Å². The third-order valence-corrected chi connectivity index (χ3v) is 2.67. The highest BCUT2D eigenvalue weighted by molar-refractivity contribution is 5.90. The van der Waals surface area contributed by atoms with Crippen molar-refractivity contribution in [2.24, 2.45) is 5.41 Å². The van der Waals surface area contributed by atoms with Gasteiger partial charge in [0, 0.05) is 13.0 Å². The van der Waals surface area contributed by atoms with Gasteiger partial charge in [0.1, 0.15) is 6.04 Å². The molecule has 1 rings (SSSR count). The highest BCUT2D eigenvalue weighted by Crippen LogP contribution is 2.20. The van der Waals surface area contributed by atoms with Crippen molar-refractivity contribution in [1.29, 1.82) is 0 Å². The second kappa shape index (κ2) is 5.49. The van der Waals surface area contributed by atoms with Gasteiger partial charge >= 0.3 is 0 Å². The molecule has 0 saturated carbocycles. The predicted molar refractivity (Wildman–Crippen MR) is 64.3 cm³/mol. The lowest BCUT2D eigenvalue weighted by Gasteiger charge is -2.23. The smallest absolute Gasteiger partial charge is 0.242 e. The number of nitrogens with one attached hydrogen (secondary N) is 2. The molecule has 1 fully saturated rings. The van der Waals surface area contributed by atoms with E-state index in [-0.39, 0.29) is 23.8 Å². The molecule has 1 saturated heterocycles. The molecule has 5 nitrogen and oxygen atoms in total. The zero-order valence-corrected chi connectivity index (χ0v) is 10.7. The molecule has 2 atom stereocenters. The molecule has 1 heterocycles. The van der Waals surface area contributed by atoms with Gasteiger partial charge in [0.2, 0.25) is 11.8 Å². The number of hydrogen-bond acceptors (Lipinski definition) is 3. The van der Waals surface area contributed by atoms with Crippen LogP contribution in [0, 0.1) is 5.41 Å². The van der Waals surface area contributed by atoms with Gasteiger partial charge in [-0.2, -0.15) is 0 Å². The highest BCUT2D eigenvalue weighted by Gasteiger charge is 2.27. The molecule has 0 bridgehead atoms. The van der Waals surface area contributed by atoms with E-state index in [9.17, 15) is 14.7 Å². The van der Waals surface area contributed by atoms with Crippen molar-refractivity contribution in [2.75, 3.05) is 6.54 Å². The van der Waals surface area contributed by atoms with Crippen LogP contribution < -0.4 is 10.6 Å². The zero-order chi connectivity index (χ0) is 13.1. The molecular weight excluding hydrogens is 220 g/mol. The third kappa shape index (κ3) is 5.17. The summed E-state index contributed by atoms with van der Waals surface area (Å²) in [6.07, 6.45) is 1.03. The molecule has 1 unspecified atom stereocenters. The van der Waals surface area contributed by atoms with Crippen molar-refractivity contribution in [1.82, 2.24) is 10.6 Å². The third-order valence-electron chi connectivity index (χ3n) is 2.67. The van der Waals surface area contributed by atoms with Gasteiger partial charge in [-0.05, 0) is 18.3 Å². The van der Waals surface area contributed by atoms with Gasteiger partial charge in [0.15, 0.2) is 0 Å². The van der Waals surface area contributed by atoms with E-state index in [0.717, 1.165) is 0 Å². The lowest BCUT2D eigenvalue weighted by molar-refractivity contribution is -0.126. The van der Waals surface area contributed by atoms with Crippen LogP contribution in [0.15, 0.2) is 0 Å². The molecular formula is C12H22N2O3. The van der Waals surface area contributed by atoms with Gasteiger partial charge in [-0.25, -0.2) is 0 Å². The van der Waals surface area contributed by atoms with Crippen LogP contribution >= 0.6 is 0 Å². The van der Waals surface area contributed by atoms with Gasteiger partial charge in [0.05, 0.1) is 6.10 Å². The predicted octanol–water partition coefficient (Wildman–Crippen LogP) is 0.178. The van der Waals surface area contributed by atoms with E-state index in [1.165, 1.54) is 0 Å². The summed E-state index contributed by atoms with van der Waals surface area (Å²) in [6, 6.07) is -0.427. The molecule has 0 aromatic rings. The minimum atomic E-state index is -0.545. The second-order valence-electron chi connectivity index (χ2n) is 5.82. The van der Waals surface area contributed by atoms with Crippen LogP contribution in [0.1, 0.15) is 40.0 Å². The van der Waals surface area contributed by atoms with Gasteiger partial charge < -0.3 is 15.7 Å². The summed E-state index contributed by atoms with van der Waals surface area (Å²) >= 11 is 0. The highest BCUT2D eigenvalue weighted by atomic mass is 16.3. The largest absolute Gasteiger partial charge is 0.391 e. The lowest BCUT2D eigenvalue weighted by Crippen LogP contribution is -2.44. The van der Waals surface area contributed by atoms with Crippen molar-refractivity contribution >= 4 is 11.8 Å². The van der Waals surface area contributed by atoms with E-state index in [2.05, 4.69) is 10.6 Å². The Hall–Kier alpha value is -1.10.